The zero-order valence-corrected chi connectivity index (χ0v) is 10.8. The second-order valence-corrected chi connectivity index (χ2v) is 4.47. The quantitative estimate of drug-likeness (QED) is 0.809. The number of alkyl halides is 3. The molecule has 0 amide bonds. The first-order valence-electron chi connectivity index (χ1n) is 4.94. The van der Waals surface area contributed by atoms with E-state index in [0.29, 0.717) is 10.5 Å². The molecule has 0 aliphatic carbocycles. The predicted molar refractivity (Wildman–Crippen MR) is 64.5 cm³/mol. The van der Waals surface area contributed by atoms with Gasteiger partial charge in [0.05, 0.1) is 10.0 Å². The fourth-order valence-corrected chi connectivity index (χ4v) is 1.65. The number of anilines is 1. The molecular formula is C11H6BrF4N3. The zero-order valence-electron chi connectivity index (χ0n) is 9.17. The number of rotatable bonds is 1. The molecule has 2 aromatic rings. The van der Waals surface area contributed by atoms with Crippen LogP contribution in [0.3, 0.4) is 0 Å². The first-order chi connectivity index (χ1) is 8.79. The van der Waals surface area contributed by atoms with Gasteiger partial charge in [-0.3, -0.25) is 0 Å². The maximum atomic E-state index is 13.1. The number of nitrogens with zero attached hydrogens (tertiary/aromatic N) is 2. The molecule has 0 saturated carbocycles. The van der Waals surface area contributed by atoms with Crippen molar-refractivity contribution in [3.05, 3.63) is 40.2 Å². The lowest BCUT2D eigenvalue weighted by Gasteiger charge is -2.12. The van der Waals surface area contributed by atoms with Crippen LogP contribution in [0.1, 0.15) is 5.56 Å². The maximum Gasteiger partial charge on any atom is 0.417 e. The van der Waals surface area contributed by atoms with Crippen LogP contribution in [0.4, 0.5) is 23.4 Å². The van der Waals surface area contributed by atoms with Gasteiger partial charge in [0, 0.05) is 11.8 Å². The molecule has 0 aliphatic rings. The second kappa shape index (κ2) is 4.76. The number of hydrogen-bond donors (Lipinski definition) is 1. The van der Waals surface area contributed by atoms with Gasteiger partial charge in [-0.15, -0.1) is 0 Å². The van der Waals surface area contributed by atoms with Crippen LogP contribution in [0.2, 0.25) is 0 Å². The summed E-state index contributed by atoms with van der Waals surface area (Å²) in [5, 5.41) is 0. The largest absolute Gasteiger partial charge is 0.417 e. The maximum absolute atomic E-state index is 13.1. The van der Waals surface area contributed by atoms with Gasteiger partial charge in [-0.25, -0.2) is 14.4 Å². The molecule has 0 aliphatic heterocycles. The highest BCUT2D eigenvalue weighted by atomic mass is 79.9. The lowest BCUT2D eigenvalue weighted by atomic mass is 10.1. The summed E-state index contributed by atoms with van der Waals surface area (Å²) in [6.07, 6.45) is -3.42. The van der Waals surface area contributed by atoms with Crippen LogP contribution in [-0.4, -0.2) is 9.97 Å². The molecule has 3 nitrogen and oxygen atoms in total. The van der Waals surface area contributed by atoms with E-state index in [9.17, 15) is 17.6 Å². The van der Waals surface area contributed by atoms with E-state index in [1.807, 2.05) is 0 Å². The average molecular weight is 336 g/mol. The number of aromatic nitrogens is 2. The van der Waals surface area contributed by atoms with Crippen LogP contribution in [-0.2, 0) is 6.18 Å². The van der Waals surface area contributed by atoms with Crippen molar-refractivity contribution in [2.75, 3.05) is 5.73 Å². The molecule has 0 saturated heterocycles. The fraction of sp³-hybridized carbons (Fsp3) is 0.0909. The Balaban J connectivity index is 2.66. The van der Waals surface area contributed by atoms with E-state index in [1.54, 1.807) is 0 Å². The molecule has 1 aromatic heterocycles. The first-order valence-corrected chi connectivity index (χ1v) is 5.73. The van der Waals surface area contributed by atoms with Crippen molar-refractivity contribution in [3.8, 4) is 11.4 Å². The molecule has 19 heavy (non-hydrogen) atoms. The number of nitrogens with two attached hydrogens (primary N) is 1. The van der Waals surface area contributed by atoms with E-state index in [2.05, 4.69) is 25.9 Å². The monoisotopic (exact) mass is 335 g/mol. The number of hydrogen-bond acceptors (Lipinski definition) is 3. The van der Waals surface area contributed by atoms with E-state index in [-0.39, 0.29) is 11.6 Å². The van der Waals surface area contributed by atoms with Crippen LogP contribution >= 0.6 is 15.9 Å². The van der Waals surface area contributed by atoms with Gasteiger partial charge in [-0.05, 0) is 34.1 Å². The zero-order chi connectivity index (χ0) is 14.2. The van der Waals surface area contributed by atoms with Gasteiger partial charge in [0.2, 0.25) is 0 Å². The molecule has 0 spiro atoms. The van der Waals surface area contributed by atoms with Crippen LogP contribution in [0.15, 0.2) is 28.9 Å². The third-order valence-corrected chi connectivity index (χ3v) is 2.91. The molecule has 0 radical (unpaired) electrons. The Morgan fingerprint density at radius 1 is 1.21 bits per heavy atom. The van der Waals surface area contributed by atoms with Crippen molar-refractivity contribution >= 4 is 21.7 Å². The van der Waals surface area contributed by atoms with E-state index >= 15 is 0 Å². The lowest BCUT2D eigenvalue weighted by molar-refractivity contribution is -0.137. The van der Waals surface area contributed by atoms with Crippen LogP contribution < -0.4 is 5.73 Å². The fourth-order valence-electron chi connectivity index (χ4n) is 1.46. The molecule has 0 atom stereocenters. The van der Waals surface area contributed by atoms with Gasteiger partial charge in [0.25, 0.3) is 0 Å². The van der Waals surface area contributed by atoms with E-state index in [0.717, 1.165) is 12.1 Å². The number of halogens is 5. The van der Waals surface area contributed by atoms with Crippen molar-refractivity contribution in [2.45, 2.75) is 6.18 Å². The lowest BCUT2D eigenvalue weighted by Crippen LogP contribution is -2.09. The molecular weight excluding hydrogens is 330 g/mol. The molecule has 0 unspecified atom stereocenters. The first kappa shape index (κ1) is 13.7. The summed E-state index contributed by atoms with van der Waals surface area (Å²) in [5.74, 6) is -1.12. The Hall–Kier alpha value is -1.70. The van der Waals surface area contributed by atoms with Gasteiger partial charge >= 0.3 is 6.18 Å². The Bertz CT molecular complexity index is 628. The minimum absolute atomic E-state index is 0.0256. The molecule has 0 bridgehead atoms. The predicted octanol–water partition coefficient (Wildman–Crippen LogP) is 3.65. The molecule has 1 heterocycles. The highest BCUT2D eigenvalue weighted by molar-refractivity contribution is 9.10. The van der Waals surface area contributed by atoms with E-state index in [4.69, 9.17) is 5.73 Å². The summed E-state index contributed by atoms with van der Waals surface area (Å²) in [6.45, 7) is 0. The van der Waals surface area contributed by atoms with Crippen molar-refractivity contribution in [3.63, 3.8) is 0 Å². The summed E-state index contributed by atoms with van der Waals surface area (Å²) in [4.78, 5) is 7.43. The van der Waals surface area contributed by atoms with Crippen molar-refractivity contribution in [2.24, 2.45) is 0 Å². The number of benzene rings is 1. The standard InChI is InChI=1S/C11H6BrF4N3/c12-8-4-18-10(19-9(8)17)6-3-5(13)1-2-7(6)11(14,15)16/h1-4H,(H2,17,18,19). The molecule has 100 valence electrons. The molecule has 0 fully saturated rings. The summed E-state index contributed by atoms with van der Waals surface area (Å²) in [5.41, 5.74) is 4.01. The molecule has 8 heteroatoms. The minimum atomic E-state index is -4.63. The van der Waals surface area contributed by atoms with E-state index in [1.165, 1.54) is 6.20 Å². The third kappa shape index (κ3) is 2.83. The molecule has 2 rings (SSSR count). The Kier molecular flexibility index (Phi) is 3.44. The van der Waals surface area contributed by atoms with Crippen LogP contribution in [0, 0.1) is 5.82 Å². The Morgan fingerprint density at radius 3 is 2.47 bits per heavy atom. The summed E-state index contributed by atoms with van der Waals surface area (Å²) in [7, 11) is 0. The Morgan fingerprint density at radius 2 is 1.89 bits per heavy atom. The van der Waals surface area contributed by atoms with Gasteiger partial charge < -0.3 is 5.73 Å². The minimum Gasteiger partial charge on any atom is -0.383 e. The van der Waals surface area contributed by atoms with E-state index < -0.39 is 23.1 Å². The highest BCUT2D eigenvalue weighted by Crippen LogP contribution is 2.36. The third-order valence-electron chi connectivity index (χ3n) is 2.30. The summed E-state index contributed by atoms with van der Waals surface area (Å²) < 4.78 is 52.0. The van der Waals surface area contributed by atoms with Crippen LogP contribution in [0.5, 0.6) is 0 Å². The normalized spacial score (nSPS) is 11.6. The van der Waals surface area contributed by atoms with Gasteiger partial charge in [0.1, 0.15) is 11.6 Å². The number of nitrogen functional groups attached to an aromatic ring is 1. The highest BCUT2D eigenvalue weighted by Gasteiger charge is 2.34. The topological polar surface area (TPSA) is 51.8 Å². The summed E-state index contributed by atoms with van der Waals surface area (Å²) in [6, 6.07) is 2.10. The molecule has 1 aromatic carbocycles. The summed E-state index contributed by atoms with van der Waals surface area (Å²) >= 11 is 3.03. The molecule has 2 N–H and O–H groups in total. The SMILES string of the molecule is Nc1nc(-c2cc(F)ccc2C(F)(F)F)ncc1Br. The van der Waals surface area contributed by atoms with Crippen molar-refractivity contribution in [1.82, 2.24) is 9.97 Å². The van der Waals surface area contributed by atoms with Gasteiger partial charge in [-0.1, -0.05) is 0 Å². The van der Waals surface area contributed by atoms with Crippen molar-refractivity contribution < 1.29 is 17.6 Å². The van der Waals surface area contributed by atoms with Crippen molar-refractivity contribution in [1.29, 1.82) is 0 Å². The van der Waals surface area contributed by atoms with Gasteiger partial charge in [-0.2, -0.15) is 13.2 Å². The smallest absolute Gasteiger partial charge is 0.383 e. The average Bonchev–Trinajstić information content (AvgIpc) is 2.31. The van der Waals surface area contributed by atoms with Crippen LogP contribution in [0.25, 0.3) is 11.4 Å². The van der Waals surface area contributed by atoms with Gasteiger partial charge in [0.15, 0.2) is 5.82 Å². The second-order valence-electron chi connectivity index (χ2n) is 3.61. The Labute approximate surface area is 113 Å².